The Bertz CT molecular complexity index is 294. The topological polar surface area (TPSA) is 69.9 Å². The fourth-order valence-corrected chi connectivity index (χ4v) is 3.25. The summed E-state index contributed by atoms with van der Waals surface area (Å²) in [5.41, 5.74) is -0.904. The zero-order valence-electron chi connectivity index (χ0n) is 17.9. The Hall–Kier alpha value is -0.160. The summed E-state index contributed by atoms with van der Waals surface area (Å²) in [6, 6.07) is 0. The molecule has 0 heterocycles. The molecule has 0 aromatic heterocycles. The van der Waals surface area contributed by atoms with Crippen LogP contribution in [0, 0.1) is 23.2 Å². The second-order valence-electron chi connectivity index (χ2n) is 8.99. The summed E-state index contributed by atoms with van der Waals surface area (Å²) < 4.78 is 5.54. The molecule has 2 atom stereocenters. The molecule has 0 aromatic rings. The smallest absolute Gasteiger partial charge is 0.0629 e. The van der Waals surface area contributed by atoms with Gasteiger partial charge in [-0.15, -0.1) is 0 Å². The van der Waals surface area contributed by atoms with E-state index < -0.39 is 5.41 Å². The van der Waals surface area contributed by atoms with E-state index in [4.69, 9.17) is 4.74 Å². The molecule has 0 amide bonds. The molecule has 0 saturated heterocycles. The van der Waals surface area contributed by atoms with Crippen molar-refractivity contribution in [3.8, 4) is 0 Å². The molecular formula is C22H46O4. The van der Waals surface area contributed by atoms with Crippen LogP contribution in [0.4, 0.5) is 0 Å². The summed E-state index contributed by atoms with van der Waals surface area (Å²) in [6.07, 6.45) is 11.5. The van der Waals surface area contributed by atoms with Gasteiger partial charge in [-0.1, -0.05) is 79.1 Å². The minimum absolute atomic E-state index is 0.209. The highest BCUT2D eigenvalue weighted by Gasteiger charge is 2.28. The molecule has 4 heteroatoms. The third-order valence-corrected chi connectivity index (χ3v) is 5.52. The summed E-state index contributed by atoms with van der Waals surface area (Å²) in [4.78, 5) is 0. The van der Waals surface area contributed by atoms with Crippen LogP contribution in [0.2, 0.25) is 0 Å². The van der Waals surface area contributed by atoms with Crippen LogP contribution in [-0.2, 0) is 4.74 Å². The van der Waals surface area contributed by atoms with Crippen LogP contribution >= 0.6 is 0 Å². The molecule has 2 unspecified atom stereocenters. The lowest BCUT2D eigenvalue weighted by molar-refractivity contribution is -0.0582. The van der Waals surface area contributed by atoms with Crippen LogP contribution in [0.5, 0.6) is 0 Å². The quantitative estimate of drug-likeness (QED) is 0.311. The Morgan fingerprint density at radius 3 is 1.58 bits per heavy atom. The van der Waals surface area contributed by atoms with Crippen molar-refractivity contribution in [2.24, 2.45) is 23.2 Å². The maximum absolute atomic E-state index is 9.25. The molecular weight excluding hydrogens is 328 g/mol. The summed E-state index contributed by atoms with van der Waals surface area (Å²) in [5, 5.41) is 27.7. The van der Waals surface area contributed by atoms with Crippen molar-refractivity contribution in [1.29, 1.82) is 0 Å². The summed E-state index contributed by atoms with van der Waals surface area (Å²) >= 11 is 0. The molecule has 0 aliphatic rings. The maximum Gasteiger partial charge on any atom is 0.0629 e. The maximum atomic E-state index is 9.25. The first kappa shape index (κ1) is 25.8. The van der Waals surface area contributed by atoms with Crippen molar-refractivity contribution in [3.05, 3.63) is 0 Å². The fraction of sp³-hybridized carbons (Fsp3) is 1.00. The highest BCUT2D eigenvalue weighted by molar-refractivity contribution is 4.76. The van der Waals surface area contributed by atoms with Crippen LogP contribution < -0.4 is 0 Å². The zero-order valence-corrected chi connectivity index (χ0v) is 17.9. The van der Waals surface area contributed by atoms with Crippen molar-refractivity contribution in [3.63, 3.8) is 0 Å². The first-order valence-corrected chi connectivity index (χ1v) is 10.8. The van der Waals surface area contributed by atoms with E-state index in [2.05, 4.69) is 27.7 Å². The van der Waals surface area contributed by atoms with Gasteiger partial charge in [-0.3, -0.25) is 0 Å². The lowest BCUT2D eigenvalue weighted by Crippen LogP contribution is -2.38. The molecule has 26 heavy (non-hydrogen) atoms. The molecule has 0 rings (SSSR count). The first-order valence-electron chi connectivity index (χ1n) is 10.8. The molecule has 0 radical (unpaired) electrons. The van der Waals surface area contributed by atoms with Crippen molar-refractivity contribution in [2.45, 2.75) is 85.5 Å². The summed E-state index contributed by atoms with van der Waals surface area (Å²) in [6.45, 7) is 9.42. The fourth-order valence-electron chi connectivity index (χ4n) is 3.25. The Morgan fingerprint density at radius 1 is 0.654 bits per heavy atom. The standard InChI is InChI=1S/C22H46O4/c1-19(2)9-7-11-21(4)13-8-12-20(3)10-5-6-14-26-18-22(15-23,16-24)17-25/h19-21,23-25H,5-18H2,1-4H3. The van der Waals surface area contributed by atoms with Gasteiger partial charge in [-0.05, 0) is 24.2 Å². The number of unbranched alkanes of at least 4 members (excludes halogenated alkanes) is 1. The zero-order chi connectivity index (χ0) is 19.8. The van der Waals surface area contributed by atoms with Crippen LogP contribution in [0.3, 0.4) is 0 Å². The van der Waals surface area contributed by atoms with E-state index in [9.17, 15) is 15.3 Å². The van der Waals surface area contributed by atoms with Crippen molar-refractivity contribution in [1.82, 2.24) is 0 Å². The third-order valence-electron chi connectivity index (χ3n) is 5.52. The highest BCUT2D eigenvalue weighted by Crippen LogP contribution is 2.21. The van der Waals surface area contributed by atoms with Gasteiger partial charge in [0.15, 0.2) is 0 Å². The van der Waals surface area contributed by atoms with E-state index in [1.807, 2.05) is 0 Å². The molecule has 158 valence electrons. The number of hydrogen-bond acceptors (Lipinski definition) is 4. The predicted octanol–water partition coefficient (Wildman–Crippen LogP) is 4.41. The van der Waals surface area contributed by atoms with Gasteiger partial charge in [0.1, 0.15) is 0 Å². The van der Waals surface area contributed by atoms with Gasteiger partial charge in [-0.25, -0.2) is 0 Å². The summed E-state index contributed by atoms with van der Waals surface area (Å²) in [7, 11) is 0. The van der Waals surface area contributed by atoms with E-state index in [1.54, 1.807) is 0 Å². The molecule has 3 N–H and O–H groups in total. The second-order valence-corrected chi connectivity index (χ2v) is 8.99. The molecule has 0 saturated carbocycles. The van der Waals surface area contributed by atoms with Crippen LogP contribution in [0.1, 0.15) is 85.5 Å². The lowest BCUT2D eigenvalue weighted by Gasteiger charge is -2.26. The van der Waals surface area contributed by atoms with Gasteiger partial charge in [0, 0.05) is 6.61 Å². The lowest BCUT2D eigenvalue weighted by atomic mass is 9.92. The minimum Gasteiger partial charge on any atom is -0.396 e. The Balaban J connectivity index is 3.58. The molecule has 0 fully saturated rings. The largest absolute Gasteiger partial charge is 0.396 e. The number of aliphatic hydroxyl groups excluding tert-OH is 3. The number of ether oxygens (including phenoxy) is 1. The Labute approximate surface area is 162 Å². The van der Waals surface area contributed by atoms with E-state index >= 15 is 0 Å². The van der Waals surface area contributed by atoms with E-state index in [0.29, 0.717) is 6.61 Å². The van der Waals surface area contributed by atoms with Gasteiger partial charge in [0.05, 0.1) is 31.8 Å². The SMILES string of the molecule is CC(C)CCCC(C)CCCC(C)CCCCOCC(CO)(CO)CO. The van der Waals surface area contributed by atoms with Crippen LogP contribution in [0.25, 0.3) is 0 Å². The van der Waals surface area contributed by atoms with Crippen molar-refractivity contribution < 1.29 is 20.1 Å². The third kappa shape index (κ3) is 13.1. The molecule has 0 bridgehead atoms. The Morgan fingerprint density at radius 2 is 1.12 bits per heavy atom. The van der Waals surface area contributed by atoms with Crippen molar-refractivity contribution >= 4 is 0 Å². The van der Waals surface area contributed by atoms with Crippen molar-refractivity contribution in [2.75, 3.05) is 33.0 Å². The second kappa shape index (κ2) is 15.9. The molecule has 0 aromatic carbocycles. The minimum atomic E-state index is -0.904. The average Bonchev–Trinajstić information content (AvgIpc) is 2.61. The Kier molecular flexibility index (Phi) is 15.8. The first-order chi connectivity index (χ1) is 12.4. The van der Waals surface area contributed by atoms with E-state index in [-0.39, 0.29) is 26.4 Å². The summed E-state index contributed by atoms with van der Waals surface area (Å²) in [5.74, 6) is 2.46. The molecule has 4 nitrogen and oxygen atoms in total. The predicted molar refractivity (Wildman–Crippen MR) is 109 cm³/mol. The number of rotatable bonds is 18. The molecule has 0 spiro atoms. The van der Waals surface area contributed by atoms with Crippen LogP contribution in [-0.4, -0.2) is 48.4 Å². The van der Waals surface area contributed by atoms with Gasteiger partial charge < -0.3 is 20.1 Å². The van der Waals surface area contributed by atoms with Gasteiger partial charge in [0.2, 0.25) is 0 Å². The average molecular weight is 375 g/mol. The van der Waals surface area contributed by atoms with Crippen LogP contribution in [0.15, 0.2) is 0 Å². The normalized spacial score (nSPS) is 14.8. The van der Waals surface area contributed by atoms with E-state index in [1.165, 1.54) is 44.9 Å². The number of aliphatic hydroxyl groups is 3. The molecule has 0 aliphatic heterocycles. The monoisotopic (exact) mass is 374 g/mol. The van der Waals surface area contributed by atoms with Gasteiger partial charge in [0.25, 0.3) is 0 Å². The van der Waals surface area contributed by atoms with Gasteiger partial charge >= 0.3 is 0 Å². The van der Waals surface area contributed by atoms with Gasteiger partial charge in [-0.2, -0.15) is 0 Å². The molecule has 0 aliphatic carbocycles. The highest BCUT2D eigenvalue weighted by atomic mass is 16.5. The van der Waals surface area contributed by atoms with E-state index in [0.717, 1.165) is 30.6 Å². The number of hydrogen-bond donors (Lipinski definition) is 3.